The number of guanidine groups is 1. The van der Waals surface area contributed by atoms with Crippen molar-refractivity contribution in [1.82, 2.24) is 9.55 Å². The molecule has 3 N–H and O–H groups in total. The van der Waals surface area contributed by atoms with Crippen LogP contribution in [0.1, 0.15) is 23.7 Å². The first-order valence-electron chi connectivity index (χ1n) is 11.1. The van der Waals surface area contributed by atoms with E-state index >= 15 is 0 Å². The van der Waals surface area contributed by atoms with Crippen LogP contribution in [-0.4, -0.2) is 28.7 Å². The number of halogens is 2. The number of nitrogens with zero attached hydrogens (tertiary/aromatic N) is 3. The molecule has 1 aromatic heterocycles. The minimum Gasteiger partial charge on any atom is -0.489 e. The van der Waals surface area contributed by atoms with Gasteiger partial charge in [-0.1, -0.05) is 29.8 Å². The second-order valence-electron chi connectivity index (χ2n) is 8.21. The highest BCUT2D eigenvalue weighted by atomic mass is 35.5. The molecule has 0 spiro atoms. The Morgan fingerprint density at radius 3 is 2.66 bits per heavy atom. The number of benzene rings is 3. The highest BCUT2D eigenvalue weighted by molar-refractivity contribution is 6.31. The molecule has 1 atom stereocenters. The Kier molecular flexibility index (Phi) is 5.33. The third-order valence-electron chi connectivity index (χ3n) is 5.93. The maximum atomic E-state index is 14.0. The predicted octanol–water partition coefficient (Wildman–Crippen LogP) is 4.86. The Hall–Kier alpha value is -3.98. The van der Waals surface area contributed by atoms with Gasteiger partial charge in [0.25, 0.3) is 0 Å². The van der Waals surface area contributed by atoms with E-state index in [2.05, 4.69) is 10.3 Å². The number of imidazole rings is 1. The Morgan fingerprint density at radius 1 is 1.11 bits per heavy atom. The van der Waals surface area contributed by atoms with Gasteiger partial charge in [-0.3, -0.25) is 9.88 Å². The molecule has 2 aliphatic heterocycles. The fourth-order valence-corrected chi connectivity index (χ4v) is 4.43. The summed E-state index contributed by atoms with van der Waals surface area (Å²) >= 11 is 6.10. The van der Waals surface area contributed by atoms with Crippen molar-refractivity contribution in [3.05, 3.63) is 76.6 Å². The molecule has 0 unspecified atom stereocenters. The highest BCUT2D eigenvalue weighted by Crippen LogP contribution is 2.39. The predicted molar refractivity (Wildman–Crippen MR) is 131 cm³/mol. The van der Waals surface area contributed by atoms with Crippen molar-refractivity contribution < 1.29 is 18.6 Å². The van der Waals surface area contributed by atoms with Crippen molar-refractivity contribution >= 4 is 34.5 Å². The van der Waals surface area contributed by atoms with E-state index in [1.54, 1.807) is 24.3 Å². The molecular weight excluding hydrogens is 473 g/mol. The van der Waals surface area contributed by atoms with Gasteiger partial charge in [-0.25, -0.2) is 14.4 Å². The lowest BCUT2D eigenvalue weighted by Gasteiger charge is -2.24. The zero-order valence-electron chi connectivity index (χ0n) is 18.5. The van der Waals surface area contributed by atoms with Crippen LogP contribution in [0.5, 0.6) is 17.2 Å². The highest BCUT2D eigenvalue weighted by Gasteiger charge is 2.27. The fraction of sp³-hybridized carbons (Fsp3) is 0.200. The third kappa shape index (κ3) is 3.97. The number of nitrogens with one attached hydrogen (secondary N) is 1. The minimum absolute atomic E-state index is 0.0206. The van der Waals surface area contributed by atoms with E-state index in [0.29, 0.717) is 47.0 Å². The molecule has 3 heterocycles. The topological polar surface area (TPSA) is 95.9 Å². The summed E-state index contributed by atoms with van der Waals surface area (Å²) in [5.74, 6) is 2.36. The molecule has 6 rings (SSSR count). The molecule has 35 heavy (non-hydrogen) atoms. The Morgan fingerprint density at radius 2 is 1.89 bits per heavy atom. The summed E-state index contributed by atoms with van der Waals surface area (Å²) in [5, 5.41) is 3.36. The zero-order valence-corrected chi connectivity index (χ0v) is 19.3. The Balaban J connectivity index is 1.31. The van der Waals surface area contributed by atoms with Crippen LogP contribution in [-0.2, 0) is 6.61 Å². The molecule has 10 heteroatoms. The lowest BCUT2D eigenvalue weighted by Crippen LogP contribution is -2.31. The van der Waals surface area contributed by atoms with Gasteiger partial charge in [0, 0.05) is 24.1 Å². The van der Waals surface area contributed by atoms with E-state index in [1.165, 1.54) is 6.07 Å². The summed E-state index contributed by atoms with van der Waals surface area (Å²) in [6.07, 6.45) is 0.371. The van der Waals surface area contributed by atoms with Crippen LogP contribution in [0.25, 0.3) is 11.0 Å². The molecule has 0 radical (unpaired) electrons. The first-order valence-corrected chi connectivity index (χ1v) is 11.5. The van der Waals surface area contributed by atoms with Gasteiger partial charge in [0.2, 0.25) is 5.95 Å². The standard InChI is InChI=1S/C25H21ClFN5O3/c26-17-3-1-4-18(27)16(17)13-35-15-7-5-14(6-8-15)23-30-24(28)31-25-29-19-11-21-22(12-20(19)32(23)25)34-10-2-9-33-21/h1,3-8,11-12,23H,2,9-10,13H2,(H3,28,29,30,31)/t23-/m1/s1. The average molecular weight is 494 g/mol. The number of nitrogens with two attached hydrogens (primary N) is 1. The second kappa shape index (κ2) is 8.66. The van der Waals surface area contributed by atoms with E-state index in [4.69, 9.17) is 36.5 Å². The zero-order chi connectivity index (χ0) is 23.9. The van der Waals surface area contributed by atoms with E-state index in [1.807, 2.05) is 28.8 Å². The van der Waals surface area contributed by atoms with Crippen molar-refractivity contribution in [2.24, 2.45) is 10.7 Å². The fourth-order valence-electron chi connectivity index (χ4n) is 4.21. The second-order valence-corrected chi connectivity index (χ2v) is 8.62. The van der Waals surface area contributed by atoms with E-state index in [9.17, 15) is 4.39 Å². The van der Waals surface area contributed by atoms with Crippen molar-refractivity contribution in [2.45, 2.75) is 19.2 Å². The quantitative estimate of drug-likeness (QED) is 0.421. The monoisotopic (exact) mass is 493 g/mol. The van der Waals surface area contributed by atoms with E-state index in [0.717, 1.165) is 23.0 Å². The van der Waals surface area contributed by atoms with Gasteiger partial charge in [0.05, 0.1) is 29.3 Å². The van der Waals surface area contributed by atoms with Crippen molar-refractivity contribution in [2.75, 3.05) is 18.5 Å². The first-order chi connectivity index (χ1) is 17.1. The largest absolute Gasteiger partial charge is 0.489 e. The molecule has 0 saturated carbocycles. The molecule has 0 aliphatic carbocycles. The number of aromatic nitrogens is 2. The minimum atomic E-state index is -0.448. The molecule has 0 saturated heterocycles. The van der Waals surface area contributed by atoms with Gasteiger partial charge in [0.15, 0.2) is 23.6 Å². The van der Waals surface area contributed by atoms with Gasteiger partial charge in [-0.2, -0.15) is 0 Å². The van der Waals surface area contributed by atoms with Crippen LogP contribution in [0.3, 0.4) is 0 Å². The third-order valence-corrected chi connectivity index (χ3v) is 6.28. The maximum absolute atomic E-state index is 14.0. The van der Waals surface area contributed by atoms with Crippen molar-refractivity contribution in [3.63, 3.8) is 0 Å². The summed E-state index contributed by atoms with van der Waals surface area (Å²) in [7, 11) is 0. The molecule has 0 amide bonds. The van der Waals surface area contributed by atoms with Gasteiger partial charge in [0.1, 0.15) is 18.2 Å². The maximum Gasteiger partial charge on any atom is 0.212 e. The van der Waals surface area contributed by atoms with Crippen LogP contribution in [0, 0.1) is 5.82 Å². The van der Waals surface area contributed by atoms with Crippen LogP contribution < -0.4 is 25.3 Å². The smallest absolute Gasteiger partial charge is 0.212 e. The molecule has 8 nitrogen and oxygen atoms in total. The van der Waals surface area contributed by atoms with Gasteiger partial charge in [-0.15, -0.1) is 0 Å². The van der Waals surface area contributed by atoms with Crippen molar-refractivity contribution in [3.8, 4) is 17.2 Å². The van der Waals surface area contributed by atoms with Gasteiger partial charge < -0.3 is 19.9 Å². The Labute approximate surface area is 205 Å². The van der Waals surface area contributed by atoms with Crippen LogP contribution in [0.4, 0.5) is 10.3 Å². The van der Waals surface area contributed by atoms with Crippen LogP contribution >= 0.6 is 11.6 Å². The number of anilines is 1. The summed E-state index contributed by atoms with van der Waals surface area (Å²) in [6, 6.07) is 15.7. The lowest BCUT2D eigenvalue weighted by atomic mass is 10.1. The number of hydrogen-bond donors (Lipinski definition) is 2. The first kappa shape index (κ1) is 21.5. The number of hydrogen-bond acceptors (Lipinski definition) is 7. The van der Waals surface area contributed by atoms with Crippen LogP contribution in [0.2, 0.25) is 5.02 Å². The number of fused-ring (bicyclic) bond motifs is 4. The molecule has 0 fully saturated rings. The lowest BCUT2D eigenvalue weighted by molar-refractivity contribution is 0.297. The van der Waals surface area contributed by atoms with Gasteiger partial charge >= 0.3 is 0 Å². The molecule has 2 aliphatic rings. The van der Waals surface area contributed by atoms with Crippen LogP contribution in [0.15, 0.2) is 59.6 Å². The Bertz CT molecular complexity index is 1430. The van der Waals surface area contributed by atoms with E-state index < -0.39 is 12.0 Å². The summed E-state index contributed by atoms with van der Waals surface area (Å²) in [6.45, 7) is 1.21. The SMILES string of the molecule is NC1=N[C@@H](c2ccc(OCc3c(F)cccc3Cl)cc2)n2c(nc3cc4c(cc32)OCCCO4)N1. The summed E-state index contributed by atoms with van der Waals surface area (Å²) < 4.78 is 33.5. The number of aliphatic imine (C=N–C) groups is 1. The average Bonchev–Trinajstić information content (AvgIpc) is 3.03. The van der Waals surface area contributed by atoms with E-state index in [-0.39, 0.29) is 12.6 Å². The van der Waals surface area contributed by atoms with Crippen molar-refractivity contribution in [1.29, 1.82) is 0 Å². The summed E-state index contributed by atoms with van der Waals surface area (Å²) in [4.78, 5) is 9.32. The molecule has 178 valence electrons. The molecule has 3 aromatic carbocycles. The normalized spacial score (nSPS) is 16.7. The molecular formula is C25H21ClFN5O3. The summed E-state index contributed by atoms with van der Waals surface area (Å²) in [5.41, 5.74) is 8.85. The number of ether oxygens (including phenoxy) is 3. The molecule has 4 aromatic rings. The van der Waals surface area contributed by atoms with Gasteiger partial charge in [-0.05, 0) is 29.8 Å². The molecule has 0 bridgehead atoms. The number of rotatable bonds is 4.